The van der Waals surface area contributed by atoms with Crippen LogP contribution < -0.4 is 10.0 Å². The van der Waals surface area contributed by atoms with Gasteiger partial charge in [0.2, 0.25) is 10.0 Å². The predicted octanol–water partition coefficient (Wildman–Crippen LogP) is 2.50. The van der Waals surface area contributed by atoms with Crippen LogP contribution in [0.5, 0.6) is 0 Å². The molecule has 5 nitrogen and oxygen atoms in total. The van der Waals surface area contributed by atoms with Crippen LogP contribution in [0, 0.1) is 5.82 Å². The summed E-state index contributed by atoms with van der Waals surface area (Å²) in [5, 5.41) is 2.53. The highest BCUT2D eigenvalue weighted by Crippen LogP contribution is 2.06. The van der Waals surface area contributed by atoms with E-state index in [1.54, 1.807) is 0 Å². The van der Waals surface area contributed by atoms with E-state index in [4.69, 9.17) is 0 Å². The van der Waals surface area contributed by atoms with Gasteiger partial charge < -0.3 is 5.32 Å². The van der Waals surface area contributed by atoms with Gasteiger partial charge in [-0.25, -0.2) is 17.5 Å². The monoisotopic (exact) mass is 378 g/mol. The Balaban J connectivity index is 1.73. The molecule has 0 aromatic heterocycles. The first-order valence-corrected chi connectivity index (χ1v) is 10.1. The van der Waals surface area contributed by atoms with Gasteiger partial charge in [0, 0.05) is 18.2 Å². The predicted molar refractivity (Wildman–Crippen MR) is 99.9 cm³/mol. The second kappa shape index (κ2) is 9.45. The third-order valence-corrected chi connectivity index (χ3v) is 5.36. The lowest BCUT2D eigenvalue weighted by Crippen LogP contribution is -2.38. The maximum Gasteiger partial charge on any atom is 0.251 e. The fraction of sp³-hybridized carbons (Fsp3) is 0.316. The molecule has 2 rings (SSSR count). The van der Waals surface area contributed by atoms with E-state index >= 15 is 0 Å². The van der Waals surface area contributed by atoms with Gasteiger partial charge >= 0.3 is 0 Å². The van der Waals surface area contributed by atoms with E-state index in [-0.39, 0.29) is 23.9 Å². The zero-order valence-corrected chi connectivity index (χ0v) is 15.4. The van der Waals surface area contributed by atoms with E-state index in [1.165, 1.54) is 24.3 Å². The van der Waals surface area contributed by atoms with Crippen molar-refractivity contribution in [3.8, 4) is 0 Å². The van der Waals surface area contributed by atoms with Crippen molar-refractivity contribution in [2.45, 2.75) is 25.8 Å². The third-order valence-electron chi connectivity index (χ3n) is 3.85. The number of benzene rings is 2. The molecule has 1 amide bonds. The Bertz CT molecular complexity index is 808. The topological polar surface area (TPSA) is 75.3 Å². The Morgan fingerprint density at radius 1 is 1.08 bits per heavy atom. The van der Waals surface area contributed by atoms with Crippen molar-refractivity contribution in [3.05, 3.63) is 71.5 Å². The van der Waals surface area contributed by atoms with Crippen molar-refractivity contribution >= 4 is 15.9 Å². The lowest BCUT2D eigenvalue weighted by molar-refractivity contribution is 0.0956. The SMILES string of the molecule is C[C@H](CCc1ccccc1)NS(=O)(=O)CCNC(=O)c1ccc(F)cc1. The van der Waals surface area contributed by atoms with Gasteiger partial charge in [-0.05, 0) is 49.6 Å². The molecule has 0 saturated heterocycles. The summed E-state index contributed by atoms with van der Waals surface area (Å²) < 4.78 is 39.7. The number of carbonyl (C=O) groups is 1. The summed E-state index contributed by atoms with van der Waals surface area (Å²) in [6, 6.07) is 14.7. The van der Waals surface area contributed by atoms with Crippen LogP contribution in [0.15, 0.2) is 54.6 Å². The zero-order chi connectivity index (χ0) is 19.0. The number of halogens is 1. The Kier molecular flexibility index (Phi) is 7.29. The zero-order valence-electron chi connectivity index (χ0n) is 14.6. The molecular formula is C19H23FN2O3S. The van der Waals surface area contributed by atoms with Crippen LogP contribution in [-0.2, 0) is 16.4 Å². The average Bonchev–Trinajstić information content (AvgIpc) is 2.61. The van der Waals surface area contributed by atoms with Crippen LogP contribution in [0.1, 0.15) is 29.3 Å². The van der Waals surface area contributed by atoms with Crippen molar-refractivity contribution in [1.29, 1.82) is 0 Å². The van der Waals surface area contributed by atoms with Gasteiger partial charge in [0.15, 0.2) is 0 Å². The summed E-state index contributed by atoms with van der Waals surface area (Å²) in [7, 11) is -3.49. The molecule has 0 radical (unpaired) electrons. The Labute approximate surface area is 153 Å². The van der Waals surface area contributed by atoms with Crippen molar-refractivity contribution in [2.24, 2.45) is 0 Å². The van der Waals surface area contributed by atoms with E-state index in [1.807, 2.05) is 37.3 Å². The average molecular weight is 378 g/mol. The number of nitrogens with one attached hydrogen (secondary N) is 2. The Morgan fingerprint density at radius 3 is 2.38 bits per heavy atom. The van der Waals surface area contributed by atoms with Gasteiger partial charge in [-0.1, -0.05) is 30.3 Å². The fourth-order valence-electron chi connectivity index (χ4n) is 2.45. The molecule has 0 aliphatic heterocycles. The maximum atomic E-state index is 12.8. The van der Waals surface area contributed by atoms with Crippen LogP contribution >= 0.6 is 0 Å². The van der Waals surface area contributed by atoms with Crippen LogP contribution in [0.3, 0.4) is 0 Å². The minimum atomic E-state index is -3.49. The van der Waals surface area contributed by atoms with E-state index in [2.05, 4.69) is 10.0 Å². The van der Waals surface area contributed by atoms with Crippen LogP contribution in [0.2, 0.25) is 0 Å². The molecule has 7 heteroatoms. The number of aryl methyl sites for hydroxylation is 1. The summed E-state index contributed by atoms with van der Waals surface area (Å²) in [6.45, 7) is 1.80. The van der Waals surface area contributed by atoms with E-state index < -0.39 is 21.7 Å². The van der Waals surface area contributed by atoms with Crippen molar-refractivity contribution in [1.82, 2.24) is 10.0 Å². The van der Waals surface area contributed by atoms with Crippen molar-refractivity contribution < 1.29 is 17.6 Å². The van der Waals surface area contributed by atoms with Crippen LogP contribution in [0.4, 0.5) is 4.39 Å². The van der Waals surface area contributed by atoms with Gasteiger partial charge in [0.25, 0.3) is 5.91 Å². The van der Waals surface area contributed by atoms with Gasteiger partial charge in [-0.15, -0.1) is 0 Å². The fourth-order valence-corrected chi connectivity index (χ4v) is 3.67. The van der Waals surface area contributed by atoms with E-state index in [0.717, 1.165) is 12.0 Å². The molecule has 26 heavy (non-hydrogen) atoms. The molecule has 0 unspecified atom stereocenters. The van der Waals surface area contributed by atoms with Gasteiger partial charge in [-0.3, -0.25) is 4.79 Å². The summed E-state index contributed by atoms with van der Waals surface area (Å²) in [5.41, 5.74) is 1.44. The van der Waals surface area contributed by atoms with E-state index in [0.29, 0.717) is 6.42 Å². The number of hydrogen-bond acceptors (Lipinski definition) is 3. The molecule has 1 atom stereocenters. The number of rotatable bonds is 9. The minimum Gasteiger partial charge on any atom is -0.351 e. The molecule has 2 N–H and O–H groups in total. The van der Waals surface area contributed by atoms with Crippen LogP contribution in [-0.4, -0.2) is 32.7 Å². The lowest BCUT2D eigenvalue weighted by Gasteiger charge is -2.14. The summed E-state index contributed by atoms with van der Waals surface area (Å²) in [6.07, 6.45) is 1.47. The van der Waals surface area contributed by atoms with Crippen molar-refractivity contribution in [3.63, 3.8) is 0 Å². The second-order valence-corrected chi connectivity index (χ2v) is 8.00. The highest BCUT2D eigenvalue weighted by molar-refractivity contribution is 7.89. The molecular weight excluding hydrogens is 355 g/mol. The molecule has 2 aromatic rings. The molecule has 0 spiro atoms. The first-order valence-electron chi connectivity index (χ1n) is 8.43. The smallest absolute Gasteiger partial charge is 0.251 e. The highest BCUT2D eigenvalue weighted by atomic mass is 32.2. The highest BCUT2D eigenvalue weighted by Gasteiger charge is 2.15. The quantitative estimate of drug-likeness (QED) is 0.704. The number of amides is 1. The number of hydrogen-bond donors (Lipinski definition) is 2. The van der Waals surface area contributed by atoms with Crippen molar-refractivity contribution in [2.75, 3.05) is 12.3 Å². The maximum absolute atomic E-state index is 12.8. The molecule has 0 aliphatic carbocycles. The molecule has 0 saturated carbocycles. The van der Waals surface area contributed by atoms with E-state index in [9.17, 15) is 17.6 Å². The first-order chi connectivity index (χ1) is 12.4. The van der Waals surface area contributed by atoms with Gasteiger partial charge in [0.1, 0.15) is 5.82 Å². The van der Waals surface area contributed by atoms with Gasteiger partial charge in [-0.2, -0.15) is 0 Å². The molecule has 0 heterocycles. The van der Waals surface area contributed by atoms with Gasteiger partial charge in [0.05, 0.1) is 5.75 Å². The first kappa shape index (κ1) is 20.1. The Morgan fingerprint density at radius 2 is 1.73 bits per heavy atom. The third kappa shape index (κ3) is 6.93. The molecule has 2 aromatic carbocycles. The summed E-state index contributed by atoms with van der Waals surface area (Å²) >= 11 is 0. The van der Waals surface area contributed by atoms with Crippen LogP contribution in [0.25, 0.3) is 0 Å². The molecule has 140 valence electrons. The molecule has 0 aliphatic rings. The second-order valence-electron chi connectivity index (χ2n) is 6.12. The Hall–Kier alpha value is -2.25. The minimum absolute atomic E-state index is 0.0169. The lowest BCUT2D eigenvalue weighted by atomic mass is 10.1. The molecule has 0 bridgehead atoms. The number of carbonyl (C=O) groups excluding carboxylic acids is 1. The summed E-state index contributed by atoms with van der Waals surface area (Å²) in [4.78, 5) is 11.9. The summed E-state index contributed by atoms with van der Waals surface area (Å²) in [5.74, 6) is -1.08. The molecule has 0 fully saturated rings. The number of sulfonamides is 1. The standard InChI is InChI=1S/C19H23FN2O3S/c1-15(7-8-16-5-3-2-4-6-16)22-26(24,25)14-13-21-19(23)17-9-11-18(20)12-10-17/h2-6,9-12,15,22H,7-8,13-14H2,1H3,(H,21,23)/t15-/m1/s1. The largest absolute Gasteiger partial charge is 0.351 e. The normalized spacial score (nSPS) is 12.5.